The number of ether oxygens (including phenoxy) is 2. The molecule has 0 fully saturated rings. The van der Waals surface area contributed by atoms with Gasteiger partial charge in [0.15, 0.2) is 0 Å². The lowest BCUT2D eigenvalue weighted by Gasteiger charge is -2.37. The normalized spacial score (nSPS) is 16.0. The van der Waals surface area contributed by atoms with Gasteiger partial charge >= 0.3 is 0 Å². The van der Waals surface area contributed by atoms with E-state index in [2.05, 4.69) is 19.9 Å². The number of unbranched alkanes of at least 4 members (excludes halogenated alkanes) is 1. The standard InChI is InChI=1S/C16H33O4P/c1-7-12-14-15(13-8-2)21(17,20-11-5)16(6,18-9-3)19-10-4/h14H,7-13H2,1-6H3/b15-14+. The summed E-state index contributed by atoms with van der Waals surface area (Å²) in [5.41, 5.74) is -1.21. The molecule has 0 N–H and O–H groups in total. The van der Waals surface area contributed by atoms with Crippen molar-refractivity contribution in [3.63, 3.8) is 0 Å². The Hall–Kier alpha value is -0.150. The van der Waals surface area contributed by atoms with E-state index in [1.54, 1.807) is 6.92 Å². The lowest BCUT2D eigenvalue weighted by molar-refractivity contribution is -0.167. The van der Waals surface area contributed by atoms with E-state index in [0.29, 0.717) is 19.8 Å². The molecular formula is C16H33O4P. The van der Waals surface area contributed by atoms with Crippen molar-refractivity contribution in [3.8, 4) is 0 Å². The Kier molecular flexibility index (Phi) is 10.5. The fourth-order valence-corrected chi connectivity index (χ4v) is 5.10. The minimum Gasteiger partial charge on any atom is -0.342 e. The maximum Gasteiger partial charge on any atom is 0.285 e. The zero-order valence-corrected chi connectivity index (χ0v) is 15.5. The van der Waals surface area contributed by atoms with Crippen LogP contribution in [-0.2, 0) is 18.6 Å². The van der Waals surface area contributed by atoms with Crippen molar-refractivity contribution in [2.45, 2.75) is 72.8 Å². The molecule has 0 spiro atoms. The highest BCUT2D eigenvalue weighted by molar-refractivity contribution is 7.64. The summed E-state index contributed by atoms with van der Waals surface area (Å²) in [6.07, 6.45) is 5.62. The molecule has 0 aliphatic rings. The van der Waals surface area contributed by atoms with Crippen LogP contribution >= 0.6 is 7.37 Å². The second kappa shape index (κ2) is 10.6. The molecule has 21 heavy (non-hydrogen) atoms. The first kappa shape index (κ1) is 20.9. The van der Waals surface area contributed by atoms with Crippen LogP contribution in [0.1, 0.15) is 67.2 Å². The molecule has 0 amide bonds. The van der Waals surface area contributed by atoms with Crippen LogP contribution < -0.4 is 0 Å². The van der Waals surface area contributed by atoms with Crippen LogP contribution in [0.3, 0.4) is 0 Å². The van der Waals surface area contributed by atoms with Gasteiger partial charge in [0.25, 0.3) is 7.37 Å². The predicted molar refractivity (Wildman–Crippen MR) is 88.8 cm³/mol. The molecule has 0 rings (SSSR count). The molecule has 5 heteroatoms. The average Bonchev–Trinajstić information content (AvgIpc) is 2.44. The van der Waals surface area contributed by atoms with Crippen LogP contribution in [0.2, 0.25) is 0 Å². The van der Waals surface area contributed by atoms with Crippen LogP contribution in [0, 0.1) is 0 Å². The van der Waals surface area contributed by atoms with Gasteiger partial charge in [-0.25, -0.2) is 0 Å². The van der Waals surface area contributed by atoms with Gasteiger partial charge in [0.2, 0.25) is 5.53 Å². The number of hydrogen-bond donors (Lipinski definition) is 0. The Labute approximate surface area is 130 Å². The van der Waals surface area contributed by atoms with E-state index >= 15 is 0 Å². The van der Waals surface area contributed by atoms with E-state index in [1.165, 1.54) is 0 Å². The summed E-state index contributed by atoms with van der Waals surface area (Å²) in [5, 5.41) is 0.845. The summed E-state index contributed by atoms with van der Waals surface area (Å²) in [4.78, 5) is 0. The molecule has 0 aliphatic heterocycles. The topological polar surface area (TPSA) is 44.8 Å². The van der Waals surface area contributed by atoms with E-state index in [4.69, 9.17) is 14.0 Å². The maximum atomic E-state index is 13.7. The van der Waals surface area contributed by atoms with Crippen molar-refractivity contribution in [1.29, 1.82) is 0 Å². The molecule has 0 aromatic rings. The van der Waals surface area contributed by atoms with Gasteiger partial charge in [-0.15, -0.1) is 0 Å². The Bertz CT molecular complexity index is 346. The Morgan fingerprint density at radius 1 is 1.00 bits per heavy atom. The fraction of sp³-hybridized carbons (Fsp3) is 0.875. The smallest absolute Gasteiger partial charge is 0.285 e. The van der Waals surface area contributed by atoms with Gasteiger partial charge in [-0.1, -0.05) is 32.8 Å². The van der Waals surface area contributed by atoms with Crippen LogP contribution in [0.4, 0.5) is 0 Å². The highest BCUT2D eigenvalue weighted by atomic mass is 31.2. The highest BCUT2D eigenvalue weighted by Gasteiger charge is 2.50. The first-order valence-electron chi connectivity index (χ1n) is 8.17. The second-order valence-corrected chi connectivity index (χ2v) is 7.72. The predicted octanol–water partition coefficient (Wildman–Crippen LogP) is 5.53. The molecule has 4 nitrogen and oxygen atoms in total. The van der Waals surface area contributed by atoms with Crippen molar-refractivity contribution in [2.24, 2.45) is 0 Å². The summed E-state index contributed by atoms with van der Waals surface area (Å²) in [6.45, 7) is 12.8. The van der Waals surface area contributed by atoms with E-state index < -0.39 is 12.9 Å². The Morgan fingerprint density at radius 2 is 1.57 bits per heavy atom. The molecule has 0 heterocycles. The van der Waals surface area contributed by atoms with Crippen LogP contribution in [0.15, 0.2) is 11.4 Å². The molecule has 0 aliphatic carbocycles. The number of allylic oxidation sites excluding steroid dienone is 2. The van der Waals surface area contributed by atoms with E-state index in [-0.39, 0.29) is 0 Å². The molecule has 0 aromatic heterocycles. The van der Waals surface area contributed by atoms with Crippen molar-refractivity contribution in [2.75, 3.05) is 19.8 Å². The molecule has 0 saturated heterocycles. The van der Waals surface area contributed by atoms with Crippen molar-refractivity contribution < 1.29 is 18.6 Å². The summed E-state index contributed by atoms with van der Waals surface area (Å²) in [5.74, 6) is 0. The van der Waals surface area contributed by atoms with Gasteiger partial charge in [-0.2, -0.15) is 0 Å². The number of hydrogen-bond acceptors (Lipinski definition) is 4. The molecule has 1 unspecified atom stereocenters. The van der Waals surface area contributed by atoms with E-state index in [9.17, 15) is 4.57 Å². The lowest BCUT2D eigenvalue weighted by Crippen LogP contribution is -2.34. The molecule has 1 atom stereocenters. The molecule has 0 radical (unpaired) electrons. The van der Waals surface area contributed by atoms with Gasteiger partial charge in [0.1, 0.15) is 0 Å². The van der Waals surface area contributed by atoms with Crippen LogP contribution in [0.25, 0.3) is 0 Å². The zero-order valence-electron chi connectivity index (χ0n) is 14.6. The van der Waals surface area contributed by atoms with Crippen LogP contribution in [-0.4, -0.2) is 25.3 Å². The van der Waals surface area contributed by atoms with Gasteiger partial charge < -0.3 is 14.0 Å². The third-order valence-electron chi connectivity index (χ3n) is 3.22. The zero-order chi connectivity index (χ0) is 16.4. The highest BCUT2D eigenvalue weighted by Crippen LogP contribution is 2.67. The van der Waals surface area contributed by atoms with Crippen molar-refractivity contribution >= 4 is 7.37 Å². The molecular weight excluding hydrogens is 287 g/mol. The quantitative estimate of drug-likeness (QED) is 0.350. The van der Waals surface area contributed by atoms with Crippen molar-refractivity contribution in [3.05, 3.63) is 11.4 Å². The minimum absolute atomic E-state index is 0.375. The third kappa shape index (κ3) is 5.52. The summed E-state index contributed by atoms with van der Waals surface area (Å²) >= 11 is 0. The van der Waals surface area contributed by atoms with E-state index in [1.807, 2.05) is 20.8 Å². The first-order chi connectivity index (χ1) is 9.95. The second-order valence-electron chi connectivity index (χ2n) is 4.97. The van der Waals surface area contributed by atoms with Crippen molar-refractivity contribution in [1.82, 2.24) is 0 Å². The third-order valence-corrected chi connectivity index (χ3v) is 6.33. The molecule has 0 bridgehead atoms. The SMILES string of the molecule is CCC/C=C(\CCC)P(=O)(OCC)C(C)(OCC)OCC. The van der Waals surface area contributed by atoms with Gasteiger partial charge in [0.05, 0.1) is 6.61 Å². The number of rotatable bonds is 12. The Balaban J connectivity index is 5.76. The largest absolute Gasteiger partial charge is 0.342 e. The molecule has 0 saturated carbocycles. The van der Waals surface area contributed by atoms with E-state index in [0.717, 1.165) is 31.0 Å². The fourth-order valence-electron chi connectivity index (χ4n) is 2.33. The summed E-state index contributed by atoms with van der Waals surface area (Å²) in [7, 11) is -3.21. The monoisotopic (exact) mass is 320 g/mol. The Morgan fingerprint density at radius 3 is 1.95 bits per heavy atom. The van der Waals surface area contributed by atoms with Gasteiger partial charge in [-0.05, 0) is 33.6 Å². The maximum absolute atomic E-state index is 13.7. The average molecular weight is 320 g/mol. The van der Waals surface area contributed by atoms with Gasteiger partial charge in [0, 0.05) is 25.5 Å². The molecule has 126 valence electrons. The van der Waals surface area contributed by atoms with Crippen LogP contribution in [0.5, 0.6) is 0 Å². The summed E-state index contributed by atoms with van der Waals surface area (Å²) < 4.78 is 30.9. The van der Waals surface area contributed by atoms with Gasteiger partial charge in [-0.3, -0.25) is 4.57 Å². The lowest BCUT2D eigenvalue weighted by atomic mass is 10.2. The minimum atomic E-state index is -3.21. The molecule has 0 aromatic carbocycles. The first-order valence-corrected chi connectivity index (χ1v) is 9.80. The summed E-state index contributed by atoms with van der Waals surface area (Å²) in [6, 6.07) is 0.